The minimum Gasteiger partial charge on any atom is -0.508 e. The summed E-state index contributed by atoms with van der Waals surface area (Å²) < 4.78 is 0. The minimum atomic E-state index is -1.35. The fraction of sp³-hybridized carbons (Fsp3) is 0.364. The number of carbonyl (C=O) groups excluding carboxylic acids is 5. The van der Waals surface area contributed by atoms with Crippen LogP contribution in [0, 0.1) is 5.92 Å². The maximum Gasteiger partial charge on any atom is 0.326 e. The molecule has 5 amide bonds. The van der Waals surface area contributed by atoms with Crippen molar-refractivity contribution < 1.29 is 44.1 Å². The summed E-state index contributed by atoms with van der Waals surface area (Å²) >= 11 is 0. The molecule has 20 heteroatoms. The fourth-order valence-electron chi connectivity index (χ4n) is 6.55. The molecule has 0 aliphatic carbocycles. The minimum absolute atomic E-state index is 0.0172. The van der Waals surface area contributed by atoms with E-state index < -0.39 is 77.7 Å². The standard InChI is InChI=1S/C44H57N11O9/c1-25(2)37(42(62)53-34(20-28-12-16-31(57)17-13-28)40(60)54-36(43(63)64)21-26-7-4-3-5-8-26)55-41(61)35(22-29-23-48-24-50-29)52-39(59)33(19-27-10-14-30(56)15-11-27)51-38(58)32(45)9-6-18-49-44(46)47/h3-5,7-8,10-17,23-25,32-37,56-57H,6,9,18-22,45H2,1-2H3,(H,48,50)(H,51,58)(H,52,59)(H,53,62)(H,54,60)(H,55,61)(H,63,64)(H4,46,47,49)/t32-,33-,34-,35-,36-,37-/m0/s1. The molecule has 1 aromatic heterocycles. The lowest BCUT2D eigenvalue weighted by atomic mass is 9.99. The van der Waals surface area contributed by atoms with Gasteiger partial charge in [-0.05, 0) is 59.7 Å². The van der Waals surface area contributed by atoms with Gasteiger partial charge in [-0.25, -0.2) is 9.78 Å². The van der Waals surface area contributed by atoms with E-state index in [0.29, 0.717) is 28.8 Å². The highest BCUT2D eigenvalue weighted by molar-refractivity contribution is 5.96. The molecule has 0 aliphatic heterocycles. The first-order valence-electron chi connectivity index (χ1n) is 20.6. The number of phenols is 2. The van der Waals surface area contributed by atoms with Crippen molar-refractivity contribution in [2.45, 2.75) is 88.6 Å². The van der Waals surface area contributed by atoms with E-state index in [2.05, 4.69) is 41.5 Å². The molecule has 1 heterocycles. The number of aromatic hydroxyl groups is 2. The van der Waals surface area contributed by atoms with E-state index >= 15 is 0 Å². The Hall–Kier alpha value is -7.48. The number of amides is 5. The number of imidazole rings is 1. The van der Waals surface area contributed by atoms with Crippen LogP contribution in [0.15, 0.2) is 96.4 Å². The van der Waals surface area contributed by atoms with Crippen molar-refractivity contribution in [2.24, 2.45) is 28.1 Å². The van der Waals surface area contributed by atoms with Crippen LogP contribution in [0.1, 0.15) is 49.1 Å². The van der Waals surface area contributed by atoms with Gasteiger partial charge in [-0.1, -0.05) is 68.4 Å². The molecule has 15 N–H and O–H groups in total. The third-order valence-electron chi connectivity index (χ3n) is 10.1. The molecule has 0 aliphatic rings. The molecular formula is C44H57N11O9. The van der Waals surface area contributed by atoms with Gasteiger partial charge >= 0.3 is 5.97 Å². The molecule has 0 spiro atoms. The molecule has 3 aromatic carbocycles. The number of carboxylic acids is 1. The number of nitrogens with one attached hydrogen (secondary N) is 6. The summed E-state index contributed by atoms with van der Waals surface area (Å²) in [4.78, 5) is 92.7. The van der Waals surface area contributed by atoms with E-state index in [0.717, 1.165) is 0 Å². The number of nitrogens with two attached hydrogens (primary N) is 3. The zero-order chi connectivity index (χ0) is 46.8. The number of rotatable bonds is 24. The van der Waals surface area contributed by atoms with Crippen LogP contribution in [-0.2, 0) is 54.5 Å². The number of H-pyrrole nitrogens is 1. The van der Waals surface area contributed by atoms with E-state index in [1.165, 1.54) is 36.8 Å². The van der Waals surface area contributed by atoms with Crippen LogP contribution in [0.4, 0.5) is 0 Å². The first-order valence-corrected chi connectivity index (χ1v) is 20.6. The smallest absolute Gasteiger partial charge is 0.326 e. The highest BCUT2D eigenvalue weighted by Crippen LogP contribution is 2.15. The summed E-state index contributed by atoms with van der Waals surface area (Å²) in [7, 11) is 0. The fourth-order valence-corrected chi connectivity index (χ4v) is 6.55. The van der Waals surface area contributed by atoms with Crippen LogP contribution in [0.3, 0.4) is 0 Å². The number of hydrogen-bond acceptors (Lipinski definition) is 11. The average Bonchev–Trinajstić information content (AvgIpc) is 3.78. The van der Waals surface area contributed by atoms with Gasteiger partial charge in [0.05, 0.1) is 12.4 Å². The lowest BCUT2D eigenvalue weighted by Gasteiger charge is -2.28. The number of aromatic amines is 1. The monoisotopic (exact) mass is 883 g/mol. The van der Waals surface area contributed by atoms with Gasteiger partial charge in [-0.15, -0.1) is 0 Å². The number of guanidine groups is 1. The molecule has 0 radical (unpaired) electrons. The maximum atomic E-state index is 14.2. The van der Waals surface area contributed by atoms with Crippen LogP contribution in [0.2, 0.25) is 0 Å². The molecule has 342 valence electrons. The van der Waals surface area contributed by atoms with Crippen molar-refractivity contribution >= 4 is 41.5 Å². The predicted molar refractivity (Wildman–Crippen MR) is 236 cm³/mol. The number of aromatic nitrogens is 2. The average molecular weight is 884 g/mol. The van der Waals surface area contributed by atoms with Crippen LogP contribution in [0.25, 0.3) is 0 Å². The quantitative estimate of drug-likeness (QED) is 0.0243. The first-order chi connectivity index (χ1) is 30.5. The second-order valence-corrected chi connectivity index (χ2v) is 15.6. The van der Waals surface area contributed by atoms with Gasteiger partial charge in [0, 0.05) is 44.1 Å². The molecule has 64 heavy (non-hydrogen) atoms. The van der Waals surface area contributed by atoms with Gasteiger partial charge in [0.25, 0.3) is 0 Å². The first kappa shape index (κ1) is 49.2. The molecule has 0 fully saturated rings. The summed E-state index contributed by atoms with van der Waals surface area (Å²) in [6.45, 7) is 3.55. The van der Waals surface area contributed by atoms with Gasteiger partial charge in [0.2, 0.25) is 29.5 Å². The lowest BCUT2D eigenvalue weighted by Crippen LogP contribution is -2.61. The number of aliphatic carboxylic acids is 1. The third-order valence-corrected chi connectivity index (χ3v) is 10.1. The molecule has 6 atom stereocenters. The van der Waals surface area contributed by atoms with Gasteiger partial charge in [-0.3, -0.25) is 29.0 Å². The van der Waals surface area contributed by atoms with E-state index in [1.54, 1.807) is 68.4 Å². The van der Waals surface area contributed by atoms with Crippen LogP contribution in [-0.4, -0.2) is 110 Å². The van der Waals surface area contributed by atoms with Crippen molar-refractivity contribution in [3.05, 3.63) is 114 Å². The van der Waals surface area contributed by atoms with Crippen molar-refractivity contribution in [3.63, 3.8) is 0 Å². The molecule has 0 saturated carbocycles. The van der Waals surface area contributed by atoms with Gasteiger partial charge in [-0.2, -0.15) is 0 Å². The van der Waals surface area contributed by atoms with Gasteiger partial charge < -0.3 is 64.1 Å². The molecular weight excluding hydrogens is 827 g/mol. The van der Waals surface area contributed by atoms with Gasteiger partial charge in [0.1, 0.15) is 41.7 Å². The SMILES string of the molecule is CC(C)[C@H](NC(=O)[C@H](Cc1cnc[nH]1)NC(=O)[C@H](Cc1ccc(O)cc1)NC(=O)[C@@H](N)CCCN=C(N)N)C(=O)N[C@@H](Cc1ccc(O)cc1)C(=O)N[C@@H](Cc1ccccc1)C(=O)O. The lowest BCUT2D eigenvalue weighted by molar-refractivity contribution is -0.142. The Bertz CT molecular complexity index is 2180. The van der Waals surface area contributed by atoms with E-state index in [9.17, 15) is 44.1 Å². The predicted octanol–water partition coefficient (Wildman–Crippen LogP) is -0.363. The Morgan fingerprint density at radius 2 is 1.11 bits per heavy atom. The second-order valence-electron chi connectivity index (χ2n) is 15.6. The zero-order valence-electron chi connectivity index (χ0n) is 35.6. The summed E-state index contributed by atoms with van der Waals surface area (Å²) in [5, 5.41) is 43.0. The van der Waals surface area contributed by atoms with Gasteiger partial charge in [0.15, 0.2) is 5.96 Å². The maximum absolute atomic E-state index is 14.2. The number of benzene rings is 3. The number of aliphatic imine (C=N–C) groups is 1. The Labute approximate surface area is 369 Å². The van der Waals surface area contributed by atoms with Crippen molar-refractivity contribution in [1.29, 1.82) is 0 Å². The molecule has 4 rings (SSSR count). The zero-order valence-corrected chi connectivity index (χ0v) is 35.6. The molecule has 4 aromatic rings. The van der Waals surface area contributed by atoms with Crippen molar-refractivity contribution in [2.75, 3.05) is 6.54 Å². The summed E-state index contributed by atoms with van der Waals surface area (Å²) in [5.41, 5.74) is 19.1. The normalized spacial score (nSPS) is 13.8. The number of hydrogen-bond donors (Lipinski definition) is 12. The molecule has 0 bridgehead atoms. The van der Waals surface area contributed by atoms with E-state index in [-0.39, 0.29) is 56.1 Å². The summed E-state index contributed by atoms with van der Waals surface area (Å²) in [6.07, 6.45) is 3.05. The number of carbonyl (C=O) groups is 6. The molecule has 20 nitrogen and oxygen atoms in total. The van der Waals surface area contributed by atoms with E-state index in [1.807, 2.05) is 0 Å². The number of phenolic OH excluding ortho intramolecular Hbond substituents is 2. The van der Waals surface area contributed by atoms with Crippen molar-refractivity contribution in [3.8, 4) is 11.5 Å². The largest absolute Gasteiger partial charge is 0.508 e. The Kier molecular flexibility index (Phi) is 18.6. The summed E-state index contributed by atoms with van der Waals surface area (Å²) in [6, 6.07) is 12.9. The molecule has 0 unspecified atom stereocenters. The van der Waals surface area contributed by atoms with E-state index in [4.69, 9.17) is 17.2 Å². The summed E-state index contributed by atoms with van der Waals surface area (Å²) in [5.74, 6) is -5.84. The Balaban J connectivity index is 1.56. The molecule has 0 saturated heterocycles. The van der Waals surface area contributed by atoms with Crippen LogP contribution in [0.5, 0.6) is 11.5 Å². The van der Waals surface area contributed by atoms with Crippen LogP contribution < -0.4 is 43.8 Å². The Morgan fingerprint density at radius 3 is 1.61 bits per heavy atom. The highest BCUT2D eigenvalue weighted by Gasteiger charge is 2.34. The topological polar surface area (TPSA) is 342 Å². The van der Waals surface area contributed by atoms with Crippen LogP contribution >= 0.6 is 0 Å². The number of carboxylic acid groups (broad SMARTS) is 1. The number of nitrogens with zero attached hydrogens (tertiary/aromatic N) is 2. The second kappa shape index (κ2) is 24.2. The van der Waals surface area contributed by atoms with Crippen molar-refractivity contribution in [1.82, 2.24) is 36.6 Å². The third kappa shape index (κ3) is 16.1. The Morgan fingerprint density at radius 1 is 0.641 bits per heavy atom. The highest BCUT2D eigenvalue weighted by atomic mass is 16.4.